The van der Waals surface area contributed by atoms with Crippen LogP contribution in [0.4, 0.5) is 15.8 Å². The molecule has 6 nitrogen and oxygen atoms in total. The van der Waals surface area contributed by atoms with Crippen molar-refractivity contribution in [3.05, 3.63) is 58.3 Å². The molecule has 0 aliphatic carbocycles. The van der Waals surface area contributed by atoms with E-state index in [2.05, 4.69) is 22.2 Å². The molecule has 3 rings (SSSR count). The molecule has 7 heteroatoms. The molecular formula is C18H21FN4O2. The van der Waals surface area contributed by atoms with Gasteiger partial charge in [-0.2, -0.15) is 0 Å². The van der Waals surface area contributed by atoms with Crippen LogP contribution in [-0.2, 0) is 0 Å². The topological polar surface area (TPSA) is 68.4 Å². The molecule has 25 heavy (non-hydrogen) atoms. The summed E-state index contributed by atoms with van der Waals surface area (Å²) in [5, 5.41) is 2.56. The Balaban J connectivity index is 1.75. The molecule has 132 valence electrons. The molecule has 2 aromatic rings. The maximum absolute atomic E-state index is 14.5. The third-order valence-electron chi connectivity index (χ3n) is 4.33. The van der Waals surface area contributed by atoms with Gasteiger partial charge in [-0.05, 0) is 50.3 Å². The van der Waals surface area contributed by atoms with E-state index in [9.17, 15) is 14.0 Å². The summed E-state index contributed by atoms with van der Waals surface area (Å²) in [5.41, 5.74) is 0.362. The summed E-state index contributed by atoms with van der Waals surface area (Å²) in [6.45, 7) is 3.44. The van der Waals surface area contributed by atoms with Gasteiger partial charge < -0.3 is 20.1 Å². The van der Waals surface area contributed by atoms with E-state index in [-0.39, 0.29) is 11.4 Å². The van der Waals surface area contributed by atoms with Crippen LogP contribution in [0.15, 0.2) is 41.3 Å². The van der Waals surface area contributed by atoms with Crippen LogP contribution in [0.2, 0.25) is 0 Å². The second-order valence-electron chi connectivity index (χ2n) is 6.18. The molecular weight excluding hydrogens is 323 g/mol. The van der Waals surface area contributed by atoms with Gasteiger partial charge in [0.1, 0.15) is 11.4 Å². The molecule has 1 saturated heterocycles. The maximum atomic E-state index is 14.5. The number of aromatic nitrogens is 1. The molecule has 0 bridgehead atoms. The summed E-state index contributed by atoms with van der Waals surface area (Å²) in [6, 6.07) is 7.61. The van der Waals surface area contributed by atoms with Crippen LogP contribution in [0.25, 0.3) is 0 Å². The first-order chi connectivity index (χ1) is 12.0. The number of hydrogen-bond acceptors (Lipinski definition) is 4. The highest BCUT2D eigenvalue weighted by Gasteiger charge is 2.17. The van der Waals surface area contributed by atoms with Gasteiger partial charge in [-0.1, -0.05) is 0 Å². The molecule has 0 radical (unpaired) electrons. The second kappa shape index (κ2) is 7.48. The molecule has 0 saturated carbocycles. The zero-order valence-electron chi connectivity index (χ0n) is 14.1. The Bertz CT molecular complexity index is 821. The quantitative estimate of drug-likeness (QED) is 0.892. The maximum Gasteiger partial charge on any atom is 0.261 e. The first-order valence-corrected chi connectivity index (χ1v) is 8.27. The molecule has 0 atom stereocenters. The van der Waals surface area contributed by atoms with Gasteiger partial charge in [-0.3, -0.25) is 9.59 Å². The number of aromatic amines is 1. The molecule has 0 unspecified atom stereocenters. The summed E-state index contributed by atoms with van der Waals surface area (Å²) < 4.78 is 14.5. The Kier molecular flexibility index (Phi) is 5.14. The molecule has 1 aromatic carbocycles. The number of nitrogens with zero attached hydrogens (tertiary/aromatic N) is 2. The van der Waals surface area contributed by atoms with Crippen molar-refractivity contribution in [2.24, 2.45) is 0 Å². The van der Waals surface area contributed by atoms with E-state index in [1.54, 1.807) is 18.2 Å². The number of nitrogens with one attached hydrogen (secondary N) is 2. The van der Waals surface area contributed by atoms with Crippen molar-refractivity contribution in [1.82, 2.24) is 9.88 Å². The highest BCUT2D eigenvalue weighted by Crippen LogP contribution is 2.24. The standard InChI is InChI=1S/C18H21FN4O2/c1-22-8-3-9-23(11-10-22)16-6-5-13(12-15(16)19)21-18(25)14-4-2-7-20-17(14)24/h2,4-7,12H,3,8-11H2,1H3,(H,20,24)(H,21,25). The number of carbonyl (C=O) groups excluding carboxylic acids is 1. The minimum Gasteiger partial charge on any atom is -0.368 e. The Morgan fingerprint density at radius 1 is 1.20 bits per heavy atom. The minimum atomic E-state index is -0.564. The zero-order chi connectivity index (χ0) is 17.8. The van der Waals surface area contributed by atoms with Crippen LogP contribution in [0.5, 0.6) is 0 Å². The molecule has 1 aliphatic rings. The number of anilines is 2. The van der Waals surface area contributed by atoms with Gasteiger partial charge >= 0.3 is 0 Å². The number of rotatable bonds is 3. The fourth-order valence-corrected chi connectivity index (χ4v) is 2.93. The molecule has 1 fully saturated rings. The van der Waals surface area contributed by atoms with E-state index in [0.29, 0.717) is 11.4 Å². The Morgan fingerprint density at radius 3 is 2.80 bits per heavy atom. The summed E-state index contributed by atoms with van der Waals surface area (Å²) in [4.78, 5) is 30.5. The van der Waals surface area contributed by atoms with Crippen molar-refractivity contribution in [2.45, 2.75) is 6.42 Å². The summed E-state index contributed by atoms with van der Waals surface area (Å²) in [5.74, 6) is -0.949. The van der Waals surface area contributed by atoms with Gasteiger partial charge in [0.2, 0.25) is 0 Å². The normalized spacial score (nSPS) is 15.7. The first kappa shape index (κ1) is 17.2. The van der Waals surface area contributed by atoms with Crippen molar-refractivity contribution in [3.63, 3.8) is 0 Å². The highest BCUT2D eigenvalue weighted by atomic mass is 19.1. The molecule has 0 spiro atoms. The average Bonchev–Trinajstić information content (AvgIpc) is 2.80. The number of carbonyl (C=O) groups is 1. The largest absolute Gasteiger partial charge is 0.368 e. The van der Waals surface area contributed by atoms with Crippen LogP contribution < -0.4 is 15.8 Å². The number of amides is 1. The van der Waals surface area contributed by atoms with E-state index in [0.717, 1.165) is 32.6 Å². The van der Waals surface area contributed by atoms with Gasteiger partial charge in [-0.15, -0.1) is 0 Å². The predicted octanol–water partition coefficient (Wildman–Crippen LogP) is 1.91. The third kappa shape index (κ3) is 4.06. The van der Waals surface area contributed by atoms with Gasteiger partial charge in [0.25, 0.3) is 11.5 Å². The number of pyridine rings is 1. The molecule has 1 aromatic heterocycles. The number of benzene rings is 1. The Morgan fingerprint density at radius 2 is 2.04 bits per heavy atom. The summed E-state index contributed by atoms with van der Waals surface area (Å²) in [6.07, 6.45) is 2.43. The van der Waals surface area contributed by atoms with Gasteiger partial charge in [0.05, 0.1) is 5.69 Å². The predicted molar refractivity (Wildman–Crippen MR) is 95.7 cm³/mol. The fourth-order valence-electron chi connectivity index (χ4n) is 2.93. The van der Waals surface area contributed by atoms with Crippen molar-refractivity contribution >= 4 is 17.3 Å². The summed E-state index contributed by atoms with van der Waals surface area (Å²) in [7, 11) is 2.06. The molecule has 2 N–H and O–H groups in total. The zero-order valence-corrected chi connectivity index (χ0v) is 14.1. The lowest BCUT2D eigenvalue weighted by Crippen LogP contribution is -2.29. The monoisotopic (exact) mass is 344 g/mol. The molecule has 1 amide bonds. The second-order valence-corrected chi connectivity index (χ2v) is 6.18. The van der Waals surface area contributed by atoms with Crippen LogP contribution >= 0.6 is 0 Å². The smallest absolute Gasteiger partial charge is 0.261 e. The molecule has 1 aliphatic heterocycles. The highest BCUT2D eigenvalue weighted by molar-refractivity contribution is 6.04. The third-order valence-corrected chi connectivity index (χ3v) is 4.33. The Labute approximate surface area is 145 Å². The van der Waals surface area contributed by atoms with Crippen molar-refractivity contribution in [2.75, 3.05) is 43.4 Å². The minimum absolute atomic E-state index is 0.0115. The van der Waals surface area contributed by atoms with Crippen LogP contribution in [0, 0.1) is 5.82 Å². The van der Waals surface area contributed by atoms with Gasteiger partial charge in [-0.25, -0.2) is 4.39 Å². The Hall–Kier alpha value is -2.67. The number of H-pyrrole nitrogens is 1. The summed E-state index contributed by atoms with van der Waals surface area (Å²) >= 11 is 0. The lowest BCUT2D eigenvalue weighted by molar-refractivity contribution is 0.102. The number of likely N-dealkylation sites (N-methyl/N-ethyl adjacent to an activating group) is 1. The van der Waals surface area contributed by atoms with Crippen LogP contribution in [0.3, 0.4) is 0 Å². The van der Waals surface area contributed by atoms with Crippen molar-refractivity contribution in [1.29, 1.82) is 0 Å². The lowest BCUT2D eigenvalue weighted by Gasteiger charge is -2.23. The van der Waals surface area contributed by atoms with Crippen LogP contribution in [-0.4, -0.2) is 49.0 Å². The van der Waals surface area contributed by atoms with Gasteiger partial charge in [0.15, 0.2) is 0 Å². The SMILES string of the molecule is CN1CCCN(c2ccc(NC(=O)c3ccc[nH]c3=O)cc2F)CC1. The number of halogens is 1. The fraction of sp³-hybridized carbons (Fsp3) is 0.333. The molecule has 2 heterocycles. The average molecular weight is 344 g/mol. The number of hydrogen-bond donors (Lipinski definition) is 2. The van der Waals surface area contributed by atoms with E-state index in [1.807, 2.05) is 4.90 Å². The van der Waals surface area contributed by atoms with Crippen molar-refractivity contribution in [3.8, 4) is 0 Å². The lowest BCUT2D eigenvalue weighted by atomic mass is 10.2. The van der Waals surface area contributed by atoms with E-state index in [1.165, 1.54) is 18.3 Å². The van der Waals surface area contributed by atoms with E-state index >= 15 is 0 Å². The first-order valence-electron chi connectivity index (χ1n) is 8.27. The van der Waals surface area contributed by atoms with Crippen molar-refractivity contribution < 1.29 is 9.18 Å². The van der Waals surface area contributed by atoms with E-state index < -0.39 is 11.5 Å². The van der Waals surface area contributed by atoms with Gasteiger partial charge in [0, 0.05) is 31.5 Å². The van der Waals surface area contributed by atoms with E-state index in [4.69, 9.17) is 0 Å². The van der Waals surface area contributed by atoms with Crippen LogP contribution in [0.1, 0.15) is 16.8 Å².